The van der Waals surface area contributed by atoms with Gasteiger partial charge in [0.15, 0.2) is 0 Å². The zero-order valence-electron chi connectivity index (χ0n) is 6.84. The summed E-state index contributed by atoms with van der Waals surface area (Å²) in [5, 5.41) is 3.39. The molecule has 3 rings (SSSR count). The molecule has 0 aromatic heterocycles. The molecule has 3 heteroatoms. The van der Waals surface area contributed by atoms with Crippen molar-refractivity contribution < 1.29 is 4.79 Å². The van der Waals surface area contributed by atoms with Crippen LogP contribution in [0.1, 0.15) is 19.8 Å². The second-order valence-electron chi connectivity index (χ2n) is 3.45. The summed E-state index contributed by atoms with van der Waals surface area (Å²) in [7, 11) is 0. The number of carbonyl (C=O) groups is 1. The van der Waals surface area contributed by atoms with Crippen LogP contribution in [0.2, 0.25) is 0 Å². The maximum atomic E-state index is 11.2. The summed E-state index contributed by atoms with van der Waals surface area (Å²) in [5.41, 5.74) is 0. The van der Waals surface area contributed by atoms with Gasteiger partial charge in [-0.25, -0.2) is 0 Å². The Morgan fingerprint density at radius 2 is 2.09 bits per heavy atom. The Hall–Kier alpha value is -0.570. The number of piperazine rings is 1. The van der Waals surface area contributed by atoms with Crippen LogP contribution < -0.4 is 5.32 Å². The third-order valence-electron chi connectivity index (χ3n) is 2.58. The lowest BCUT2D eigenvalue weighted by molar-refractivity contribution is -0.134. The largest absolute Gasteiger partial charge is 0.340 e. The normalized spacial score (nSPS) is 34.8. The zero-order valence-corrected chi connectivity index (χ0v) is 6.84. The summed E-state index contributed by atoms with van der Waals surface area (Å²) in [6.07, 6.45) is 1.92. The molecule has 3 aliphatic heterocycles. The first-order valence-corrected chi connectivity index (χ1v) is 4.33. The van der Waals surface area contributed by atoms with Crippen LogP contribution in [-0.4, -0.2) is 36.0 Å². The van der Waals surface area contributed by atoms with Crippen LogP contribution in [0.3, 0.4) is 0 Å². The standard InChI is InChI=1S/C8H14N2O/c1-2-8(11)10-4-6-3-7(5-10)9-6/h6-7,9H,2-5H2,1H3/t6-,7+. The average Bonchev–Trinajstić information content (AvgIpc) is 2.02. The van der Waals surface area contributed by atoms with Crippen LogP contribution in [0, 0.1) is 0 Å². The van der Waals surface area contributed by atoms with E-state index >= 15 is 0 Å². The number of hydrogen-bond donors (Lipinski definition) is 1. The predicted molar refractivity (Wildman–Crippen MR) is 42.2 cm³/mol. The minimum Gasteiger partial charge on any atom is -0.340 e. The number of amides is 1. The van der Waals surface area contributed by atoms with E-state index in [0.29, 0.717) is 24.4 Å². The Labute approximate surface area is 66.8 Å². The van der Waals surface area contributed by atoms with Gasteiger partial charge in [0.05, 0.1) is 0 Å². The fraction of sp³-hybridized carbons (Fsp3) is 0.875. The van der Waals surface area contributed by atoms with Crippen molar-refractivity contribution in [2.45, 2.75) is 31.8 Å². The maximum Gasteiger partial charge on any atom is 0.222 e. The molecule has 0 unspecified atom stereocenters. The number of carbonyl (C=O) groups excluding carboxylic acids is 1. The minimum atomic E-state index is 0.307. The van der Waals surface area contributed by atoms with E-state index in [-0.39, 0.29) is 0 Å². The van der Waals surface area contributed by atoms with Crippen molar-refractivity contribution in [2.75, 3.05) is 13.1 Å². The summed E-state index contributed by atoms with van der Waals surface area (Å²) in [5.74, 6) is 0.307. The summed E-state index contributed by atoms with van der Waals surface area (Å²) in [4.78, 5) is 13.2. The molecule has 2 atom stereocenters. The third-order valence-corrected chi connectivity index (χ3v) is 2.58. The van der Waals surface area contributed by atoms with Gasteiger partial charge >= 0.3 is 0 Å². The lowest BCUT2D eigenvalue weighted by Gasteiger charge is -2.48. The van der Waals surface area contributed by atoms with E-state index in [4.69, 9.17) is 0 Å². The van der Waals surface area contributed by atoms with Gasteiger partial charge in [-0.3, -0.25) is 4.79 Å². The van der Waals surface area contributed by atoms with Crippen molar-refractivity contribution in [2.24, 2.45) is 0 Å². The van der Waals surface area contributed by atoms with Gasteiger partial charge in [-0.05, 0) is 6.42 Å². The molecule has 1 N–H and O–H groups in total. The summed E-state index contributed by atoms with van der Waals surface area (Å²) < 4.78 is 0. The van der Waals surface area contributed by atoms with Crippen molar-refractivity contribution in [3.63, 3.8) is 0 Å². The van der Waals surface area contributed by atoms with Crippen molar-refractivity contribution >= 4 is 5.91 Å². The van der Waals surface area contributed by atoms with E-state index in [9.17, 15) is 4.79 Å². The molecule has 3 saturated heterocycles. The monoisotopic (exact) mass is 154 g/mol. The molecule has 62 valence electrons. The van der Waals surface area contributed by atoms with E-state index < -0.39 is 0 Å². The number of fused-ring (bicyclic) bond motifs is 2. The molecular weight excluding hydrogens is 140 g/mol. The number of rotatable bonds is 1. The lowest BCUT2D eigenvalue weighted by atomic mass is 9.91. The smallest absolute Gasteiger partial charge is 0.222 e. The minimum absolute atomic E-state index is 0.307. The van der Waals surface area contributed by atoms with Gasteiger partial charge in [0.2, 0.25) is 5.91 Å². The number of piperidine rings is 1. The SMILES string of the molecule is CCC(=O)N1C[C@H]2C[C@@H](C1)N2. The molecule has 3 aliphatic rings. The first-order valence-electron chi connectivity index (χ1n) is 4.33. The molecule has 0 radical (unpaired) electrons. The first-order chi connectivity index (χ1) is 5.29. The van der Waals surface area contributed by atoms with Crippen LogP contribution in [0.25, 0.3) is 0 Å². The van der Waals surface area contributed by atoms with Crippen LogP contribution in [0.5, 0.6) is 0 Å². The highest BCUT2D eigenvalue weighted by atomic mass is 16.2. The van der Waals surface area contributed by atoms with Gasteiger partial charge < -0.3 is 10.2 Å². The molecule has 2 bridgehead atoms. The highest BCUT2D eigenvalue weighted by molar-refractivity contribution is 5.76. The Balaban J connectivity index is 1.92. The molecule has 0 saturated carbocycles. The number of nitrogens with zero attached hydrogens (tertiary/aromatic N) is 1. The number of nitrogens with one attached hydrogen (secondary N) is 1. The van der Waals surface area contributed by atoms with E-state index in [1.165, 1.54) is 6.42 Å². The predicted octanol–water partition coefficient (Wildman–Crippen LogP) is -0.0309. The Kier molecular flexibility index (Phi) is 1.60. The summed E-state index contributed by atoms with van der Waals surface area (Å²) in [6, 6.07) is 1.20. The van der Waals surface area contributed by atoms with E-state index in [1.54, 1.807) is 0 Å². The Bertz CT molecular complexity index is 165. The van der Waals surface area contributed by atoms with Crippen molar-refractivity contribution in [3.05, 3.63) is 0 Å². The molecule has 0 aromatic rings. The lowest BCUT2D eigenvalue weighted by Crippen LogP contribution is -2.67. The van der Waals surface area contributed by atoms with Crippen molar-refractivity contribution in [1.82, 2.24) is 10.2 Å². The molecule has 0 aromatic carbocycles. The Morgan fingerprint density at radius 3 is 2.55 bits per heavy atom. The fourth-order valence-corrected chi connectivity index (χ4v) is 1.94. The van der Waals surface area contributed by atoms with Gasteiger partial charge in [0, 0.05) is 31.6 Å². The van der Waals surface area contributed by atoms with Crippen LogP contribution in [0.15, 0.2) is 0 Å². The Morgan fingerprint density at radius 1 is 1.55 bits per heavy atom. The van der Waals surface area contributed by atoms with Gasteiger partial charge in [-0.15, -0.1) is 0 Å². The highest BCUT2D eigenvalue weighted by Gasteiger charge is 2.37. The van der Waals surface area contributed by atoms with Crippen LogP contribution in [-0.2, 0) is 4.79 Å². The molecule has 3 nitrogen and oxygen atoms in total. The molecule has 1 amide bonds. The molecule has 3 heterocycles. The fourth-order valence-electron chi connectivity index (χ4n) is 1.94. The summed E-state index contributed by atoms with van der Waals surface area (Å²) >= 11 is 0. The highest BCUT2D eigenvalue weighted by Crippen LogP contribution is 2.20. The topological polar surface area (TPSA) is 32.3 Å². The number of hydrogen-bond acceptors (Lipinski definition) is 2. The third kappa shape index (κ3) is 1.13. The van der Waals surface area contributed by atoms with E-state index in [1.807, 2.05) is 11.8 Å². The van der Waals surface area contributed by atoms with E-state index in [0.717, 1.165) is 13.1 Å². The van der Waals surface area contributed by atoms with Crippen LogP contribution in [0.4, 0.5) is 0 Å². The zero-order chi connectivity index (χ0) is 7.84. The molecule has 0 spiro atoms. The second-order valence-corrected chi connectivity index (χ2v) is 3.45. The molecule has 3 fully saturated rings. The van der Waals surface area contributed by atoms with Crippen molar-refractivity contribution in [1.29, 1.82) is 0 Å². The quantitative estimate of drug-likeness (QED) is 0.575. The van der Waals surface area contributed by atoms with Gasteiger partial charge in [-0.1, -0.05) is 6.92 Å². The maximum absolute atomic E-state index is 11.2. The second kappa shape index (κ2) is 2.48. The van der Waals surface area contributed by atoms with Gasteiger partial charge in [0.25, 0.3) is 0 Å². The van der Waals surface area contributed by atoms with Crippen LogP contribution >= 0.6 is 0 Å². The van der Waals surface area contributed by atoms with E-state index in [2.05, 4.69) is 5.32 Å². The van der Waals surface area contributed by atoms with Crippen molar-refractivity contribution in [3.8, 4) is 0 Å². The summed E-state index contributed by atoms with van der Waals surface area (Å²) in [6.45, 7) is 3.79. The van der Waals surface area contributed by atoms with Gasteiger partial charge in [-0.2, -0.15) is 0 Å². The average molecular weight is 154 g/mol. The van der Waals surface area contributed by atoms with Gasteiger partial charge in [0.1, 0.15) is 0 Å². The molecule has 0 aliphatic carbocycles. The molecular formula is C8H14N2O. The first kappa shape index (κ1) is 7.10. The molecule has 11 heavy (non-hydrogen) atoms.